The van der Waals surface area contributed by atoms with Crippen molar-refractivity contribution < 1.29 is 55.1 Å². The number of alkyl halides is 6. The minimum Gasteiger partial charge on any atom is -0.444 e. The zero-order valence-electron chi connectivity index (χ0n) is 27.8. The van der Waals surface area contributed by atoms with Gasteiger partial charge in [0.05, 0.1) is 36.3 Å². The van der Waals surface area contributed by atoms with Crippen molar-refractivity contribution in [1.29, 1.82) is 0 Å². The molecule has 0 saturated carbocycles. The van der Waals surface area contributed by atoms with Crippen LogP contribution >= 0.6 is 34.0 Å². The van der Waals surface area contributed by atoms with Crippen LogP contribution in [-0.2, 0) is 33.3 Å². The van der Waals surface area contributed by atoms with Gasteiger partial charge in [0, 0.05) is 36.7 Å². The van der Waals surface area contributed by atoms with Crippen molar-refractivity contribution in [3.63, 3.8) is 0 Å². The maximum absolute atomic E-state index is 13.9. The third kappa shape index (κ3) is 5.66. The highest BCUT2D eigenvalue weighted by atomic mass is 32.1. The van der Waals surface area contributed by atoms with Gasteiger partial charge in [-0.2, -0.15) is 26.3 Å². The number of ether oxygens (including phenoxy) is 1. The number of hydrogen-bond donors (Lipinski definition) is 0. The Bertz CT molecular complexity index is 2990. The summed E-state index contributed by atoms with van der Waals surface area (Å²) in [4.78, 5) is 66.4. The molecule has 0 N–H and O–H groups in total. The highest BCUT2D eigenvalue weighted by Gasteiger charge is 2.39. The van der Waals surface area contributed by atoms with Gasteiger partial charge in [0.15, 0.2) is 0 Å². The molecule has 0 bridgehead atoms. The van der Waals surface area contributed by atoms with Crippen LogP contribution in [-0.4, -0.2) is 33.8 Å². The van der Waals surface area contributed by atoms with Crippen molar-refractivity contribution in [2.75, 3.05) is 0 Å². The Balaban J connectivity index is 1.16. The predicted octanol–water partition coefficient (Wildman–Crippen LogP) is 11.0. The number of Topliss-reactive ketones (excluding diaryl/α,β-unsaturated/α-hetero) is 4. The van der Waals surface area contributed by atoms with Crippen LogP contribution in [0, 0.1) is 0 Å². The Morgan fingerprint density at radius 1 is 0.607 bits per heavy atom. The van der Waals surface area contributed by atoms with Gasteiger partial charge in [-0.15, -0.1) is 34.0 Å². The van der Waals surface area contributed by atoms with Gasteiger partial charge in [-0.3, -0.25) is 19.2 Å². The SMILES string of the molecule is O=C1C(=O)c2cc(C(F)(F)F)ccc2/C1=C/c1cc2c(s1)c1sc3cc(/C=C4\C(=O)C(=O)c5cc(C(F)(F)F)ccc54)sc3c1n2C(=O)OCc1ccccc1. The summed E-state index contributed by atoms with van der Waals surface area (Å²) in [5.74, 6) is -4.01. The summed E-state index contributed by atoms with van der Waals surface area (Å²) < 4.78 is 89.9. The molecular formula is C40H17F6NO6S3. The first-order chi connectivity index (χ1) is 26.6. The summed E-state index contributed by atoms with van der Waals surface area (Å²) in [5, 5.41) is 0. The van der Waals surface area contributed by atoms with E-state index in [1.807, 2.05) is 0 Å². The number of thiophene rings is 3. The van der Waals surface area contributed by atoms with E-state index in [0.29, 0.717) is 57.3 Å². The lowest BCUT2D eigenvalue weighted by Crippen LogP contribution is -2.13. The summed E-state index contributed by atoms with van der Waals surface area (Å²) >= 11 is 3.68. The van der Waals surface area contributed by atoms with Crippen molar-refractivity contribution in [2.45, 2.75) is 19.0 Å². The molecule has 0 radical (unpaired) electrons. The lowest BCUT2D eigenvalue weighted by molar-refractivity contribution is -0.138. The maximum Gasteiger partial charge on any atom is 0.419 e. The monoisotopic (exact) mass is 817 g/mol. The van der Waals surface area contributed by atoms with Gasteiger partial charge < -0.3 is 4.74 Å². The summed E-state index contributed by atoms with van der Waals surface area (Å²) in [6.07, 6.45) is -7.33. The standard InChI is InChI=1S/C40H17F6NO6S3/c41-39(42,43)18-6-8-22-24(10-18)31(48)33(50)26(22)12-20-14-28-35(54-20)37-30(47(28)38(52)53-16-17-4-2-1-3-5-17)36-29(56-37)15-21(55-36)13-27-23-9-7-19(40(44,45)46)11-25(23)32(49)34(27)51/h1-15H,16H2/b26-12-,27-13-. The molecule has 0 fully saturated rings. The van der Waals surface area contributed by atoms with Gasteiger partial charge >= 0.3 is 18.4 Å². The Morgan fingerprint density at radius 3 is 1.70 bits per heavy atom. The number of benzene rings is 3. The quantitative estimate of drug-likeness (QED) is 0.0996. The number of allylic oxidation sites excluding steroid dienone is 2. The Hall–Kier alpha value is -5.97. The van der Waals surface area contributed by atoms with Crippen LogP contribution < -0.4 is 0 Å². The minimum absolute atomic E-state index is 0.0590. The zero-order chi connectivity index (χ0) is 39.4. The second kappa shape index (κ2) is 12.5. The first kappa shape index (κ1) is 35.7. The van der Waals surface area contributed by atoms with E-state index in [-0.39, 0.29) is 40.0 Å². The van der Waals surface area contributed by atoms with Gasteiger partial charge in [-0.05, 0) is 65.2 Å². The molecule has 0 amide bonds. The van der Waals surface area contributed by atoms with Crippen molar-refractivity contribution >= 4 is 116 Å². The fourth-order valence-electron chi connectivity index (χ4n) is 6.81. The van der Waals surface area contributed by atoms with Gasteiger partial charge in [0.25, 0.3) is 0 Å². The molecule has 9 rings (SSSR count). The largest absolute Gasteiger partial charge is 0.444 e. The maximum atomic E-state index is 13.9. The number of hydrogen-bond acceptors (Lipinski definition) is 9. The molecule has 0 atom stereocenters. The molecule has 0 aliphatic heterocycles. The van der Waals surface area contributed by atoms with Crippen molar-refractivity contribution in [2.24, 2.45) is 0 Å². The summed E-state index contributed by atoms with van der Waals surface area (Å²) in [7, 11) is 0. The van der Waals surface area contributed by atoms with Crippen LogP contribution in [0.1, 0.15) is 58.3 Å². The van der Waals surface area contributed by atoms with Crippen LogP contribution in [0.15, 0.2) is 78.9 Å². The van der Waals surface area contributed by atoms with Crippen LogP contribution in [0.5, 0.6) is 0 Å². The topological polar surface area (TPSA) is 99.5 Å². The van der Waals surface area contributed by atoms with E-state index in [0.717, 1.165) is 24.3 Å². The van der Waals surface area contributed by atoms with Crippen molar-refractivity contribution in [3.8, 4) is 0 Å². The Kier molecular flexibility index (Phi) is 7.99. The Labute approximate surface area is 321 Å². The second-order valence-corrected chi connectivity index (χ2v) is 16.0. The Morgan fingerprint density at radius 2 is 1.14 bits per heavy atom. The van der Waals surface area contributed by atoms with Crippen LogP contribution in [0.4, 0.5) is 31.1 Å². The van der Waals surface area contributed by atoms with Gasteiger partial charge in [-0.25, -0.2) is 9.36 Å². The van der Waals surface area contributed by atoms with E-state index in [9.17, 15) is 50.3 Å². The van der Waals surface area contributed by atoms with E-state index < -0.39 is 52.7 Å². The third-order valence-electron chi connectivity index (χ3n) is 9.39. The normalized spacial score (nSPS) is 16.0. The third-order valence-corrected chi connectivity index (χ3v) is 13.0. The summed E-state index contributed by atoms with van der Waals surface area (Å²) in [6, 6.07) is 17.4. The molecule has 2 aliphatic carbocycles. The smallest absolute Gasteiger partial charge is 0.419 e. The van der Waals surface area contributed by atoms with Gasteiger partial charge in [-0.1, -0.05) is 42.5 Å². The molecule has 2 aliphatic rings. The second-order valence-electron chi connectivity index (χ2n) is 12.8. The lowest BCUT2D eigenvalue weighted by Gasteiger charge is -2.08. The van der Waals surface area contributed by atoms with E-state index in [4.69, 9.17) is 4.74 Å². The predicted molar refractivity (Wildman–Crippen MR) is 200 cm³/mol. The molecule has 0 unspecified atom stereocenters. The average molecular weight is 818 g/mol. The number of nitrogens with zero attached hydrogens (tertiary/aromatic N) is 1. The van der Waals surface area contributed by atoms with Crippen LogP contribution in [0.25, 0.3) is 53.1 Å². The number of fused-ring (bicyclic) bond motifs is 7. The number of rotatable bonds is 4. The summed E-state index contributed by atoms with van der Waals surface area (Å²) in [5.41, 5.74) is -1.22. The molecule has 7 aromatic rings. The molecule has 278 valence electrons. The molecule has 4 aromatic heterocycles. The number of carbonyl (C=O) groups is 5. The van der Waals surface area contributed by atoms with Crippen molar-refractivity contribution in [3.05, 3.63) is 128 Å². The minimum atomic E-state index is -4.72. The first-order valence-electron chi connectivity index (χ1n) is 16.3. The molecule has 4 heterocycles. The molecule has 3 aromatic carbocycles. The fourth-order valence-corrected chi connectivity index (χ4v) is 10.6. The number of ketones is 4. The van der Waals surface area contributed by atoms with Gasteiger partial charge in [0.2, 0.25) is 23.1 Å². The molecule has 56 heavy (non-hydrogen) atoms. The molecule has 0 saturated heterocycles. The van der Waals surface area contributed by atoms with Crippen molar-refractivity contribution in [1.82, 2.24) is 4.57 Å². The molecule has 0 spiro atoms. The number of halogens is 6. The number of carbonyl (C=O) groups excluding carboxylic acids is 5. The average Bonchev–Trinajstić information content (AvgIpc) is 3.98. The van der Waals surface area contributed by atoms with E-state index in [1.165, 1.54) is 50.7 Å². The van der Waals surface area contributed by atoms with E-state index in [1.54, 1.807) is 42.5 Å². The highest BCUT2D eigenvalue weighted by molar-refractivity contribution is 7.36. The molecular weight excluding hydrogens is 801 g/mol. The van der Waals surface area contributed by atoms with E-state index in [2.05, 4.69) is 0 Å². The molecule has 7 nitrogen and oxygen atoms in total. The first-order valence-corrected chi connectivity index (χ1v) is 18.8. The summed E-state index contributed by atoms with van der Waals surface area (Å²) in [6.45, 7) is -0.0735. The highest BCUT2D eigenvalue weighted by Crippen LogP contribution is 2.49. The lowest BCUT2D eigenvalue weighted by atomic mass is 10.0. The number of aromatic nitrogens is 1. The van der Waals surface area contributed by atoms with Crippen LogP contribution in [0.3, 0.4) is 0 Å². The fraction of sp³-hybridized carbons (Fsp3) is 0.0750. The van der Waals surface area contributed by atoms with Gasteiger partial charge in [0.1, 0.15) is 6.61 Å². The van der Waals surface area contributed by atoms with E-state index >= 15 is 0 Å². The molecule has 16 heteroatoms. The van der Waals surface area contributed by atoms with Crippen LogP contribution in [0.2, 0.25) is 0 Å². The zero-order valence-corrected chi connectivity index (χ0v) is 30.2.